The molecule has 108 valence electrons. The Balaban J connectivity index is 2.30. The van der Waals surface area contributed by atoms with Crippen molar-refractivity contribution in [3.63, 3.8) is 0 Å². The Morgan fingerprint density at radius 2 is 2.00 bits per heavy atom. The van der Waals surface area contributed by atoms with Crippen molar-refractivity contribution in [2.75, 3.05) is 4.72 Å². The van der Waals surface area contributed by atoms with Crippen LogP contribution in [-0.4, -0.2) is 18.6 Å². The van der Waals surface area contributed by atoms with Crippen LogP contribution in [0.5, 0.6) is 0 Å². The van der Waals surface area contributed by atoms with Crippen molar-refractivity contribution < 1.29 is 12.8 Å². The van der Waals surface area contributed by atoms with Crippen LogP contribution >= 0.6 is 11.3 Å². The molecule has 0 aliphatic rings. The van der Waals surface area contributed by atoms with Crippen LogP contribution in [0.2, 0.25) is 0 Å². The first-order valence-corrected chi connectivity index (χ1v) is 8.22. The van der Waals surface area contributed by atoms with Gasteiger partial charge < -0.3 is 0 Å². The largest absolute Gasteiger partial charge is 0.266 e. The Labute approximate surface area is 120 Å². The molecule has 2 aromatic rings. The Morgan fingerprint density at radius 1 is 1.30 bits per heavy atom. The highest BCUT2D eigenvalue weighted by Crippen LogP contribution is 2.25. The monoisotopic (exact) mass is 315 g/mol. The van der Waals surface area contributed by atoms with Crippen molar-refractivity contribution in [2.24, 2.45) is 0 Å². The number of sulfonamides is 1. The number of nitrogens with one attached hydrogen (secondary N) is 1. The van der Waals surface area contributed by atoms with Gasteiger partial charge in [-0.3, -0.25) is 4.72 Å². The lowest BCUT2D eigenvalue weighted by atomic mass is 10.2. The zero-order valence-electron chi connectivity index (χ0n) is 11.2. The summed E-state index contributed by atoms with van der Waals surface area (Å²) in [4.78, 5) is -0.399. The second kappa shape index (κ2) is 5.45. The maximum atomic E-state index is 13.7. The molecule has 0 saturated carbocycles. The van der Waals surface area contributed by atoms with Crippen molar-refractivity contribution in [1.29, 1.82) is 0 Å². The lowest BCUT2D eigenvalue weighted by Crippen LogP contribution is -2.14. The second-order valence-electron chi connectivity index (χ2n) is 4.64. The molecular formula is C12H14FN3O2S2. The molecule has 1 N–H and O–H groups in total. The van der Waals surface area contributed by atoms with Crippen molar-refractivity contribution >= 4 is 26.5 Å². The van der Waals surface area contributed by atoms with E-state index in [2.05, 4.69) is 14.9 Å². The molecule has 0 unspecified atom stereocenters. The molecule has 2 rings (SSSR count). The van der Waals surface area contributed by atoms with Gasteiger partial charge in [-0.2, -0.15) is 0 Å². The SMILES string of the molecule is Cc1ccc(S(=O)(=O)Nc2nnc(C(C)C)s2)c(F)c1. The Bertz CT molecular complexity index is 726. The van der Waals surface area contributed by atoms with Crippen LogP contribution < -0.4 is 4.72 Å². The molecular weight excluding hydrogens is 301 g/mol. The third-order valence-electron chi connectivity index (χ3n) is 2.53. The molecule has 5 nitrogen and oxygen atoms in total. The van der Waals surface area contributed by atoms with Gasteiger partial charge in [0.15, 0.2) is 0 Å². The van der Waals surface area contributed by atoms with Crippen LogP contribution in [0.15, 0.2) is 23.1 Å². The van der Waals surface area contributed by atoms with Gasteiger partial charge in [0, 0.05) is 5.92 Å². The summed E-state index contributed by atoms with van der Waals surface area (Å²) in [5.41, 5.74) is 0.652. The molecule has 0 saturated heterocycles. The minimum absolute atomic E-state index is 0.133. The average molecular weight is 315 g/mol. The lowest BCUT2D eigenvalue weighted by Gasteiger charge is -2.06. The zero-order chi connectivity index (χ0) is 14.9. The minimum atomic E-state index is -3.99. The Morgan fingerprint density at radius 3 is 2.55 bits per heavy atom. The Kier molecular flexibility index (Phi) is 4.05. The van der Waals surface area contributed by atoms with E-state index in [0.29, 0.717) is 10.6 Å². The fourth-order valence-corrected chi connectivity index (χ4v) is 3.54. The molecule has 0 fully saturated rings. The van der Waals surface area contributed by atoms with Crippen molar-refractivity contribution in [2.45, 2.75) is 31.6 Å². The molecule has 0 amide bonds. The third-order valence-corrected chi connectivity index (χ3v) is 5.17. The van der Waals surface area contributed by atoms with Crippen LogP contribution in [0.3, 0.4) is 0 Å². The van der Waals surface area contributed by atoms with E-state index in [1.165, 1.54) is 18.2 Å². The number of halogens is 1. The van der Waals surface area contributed by atoms with Gasteiger partial charge in [0.2, 0.25) is 5.13 Å². The van der Waals surface area contributed by atoms with E-state index < -0.39 is 20.7 Å². The van der Waals surface area contributed by atoms with Crippen LogP contribution in [0, 0.1) is 12.7 Å². The molecule has 1 heterocycles. The minimum Gasteiger partial charge on any atom is -0.253 e. The quantitative estimate of drug-likeness (QED) is 0.941. The molecule has 20 heavy (non-hydrogen) atoms. The zero-order valence-corrected chi connectivity index (χ0v) is 12.8. The molecule has 0 aliphatic heterocycles. The summed E-state index contributed by atoms with van der Waals surface area (Å²) in [7, 11) is -3.99. The molecule has 1 aromatic carbocycles. The third kappa shape index (κ3) is 3.13. The summed E-state index contributed by atoms with van der Waals surface area (Å²) in [5.74, 6) is -0.632. The average Bonchev–Trinajstić information content (AvgIpc) is 2.76. The maximum absolute atomic E-state index is 13.7. The highest BCUT2D eigenvalue weighted by molar-refractivity contribution is 7.93. The first-order valence-electron chi connectivity index (χ1n) is 5.92. The number of aromatic nitrogens is 2. The smallest absolute Gasteiger partial charge is 0.253 e. The van der Waals surface area contributed by atoms with Gasteiger partial charge in [0.1, 0.15) is 15.7 Å². The highest BCUT2D eigenvalue weighted by atomic mass is 32.2. The van der Waals surface area contributed by atoms with Crippen LogP contribution in [0.1, 0.15) is 30.3 Å². The van der Waals surface area contributed by atoms with Gasteiger partial charge >= 0.3 is 0 Å². The normalized spacial score (nSPS) is 11.8. The number of hydrogen-bond donors (Lipinski definition) is 1. The molecule has 0 aliphatic carbocycles. The van der Waals surface area contributed by atoms with Crippen LogP contribution in [-0.2, 0) is 10.0 Å². The molecule has 0 atom stereocenters. The summed E-state index contributed by atoms with van der Waals surface area (Å²) >= 11 is 1.14. The van der Waals surface area contributed by atoms with E-state index in [4.69, 9.17) is 0 Å². The van der Waals surface area contributed by atoms with Gasteiger partial charge in [0.25, 0.3) is 10.0 Å². The molecule has 1 aromatic heterocycles. The lowest BCUT2D eigenvalue weighted by molar-refractivity contribution is 0.569. The molecule has 0 spiro atoms. The number of rotatable bonds is 4. The number of benzene rings is 1. The van der Waals surface area contributed by atoms with Crippen LogP contribution in [0.25, 0.3) is 0 Å². The molecule has 8 heteroatoms. The van der Waals surface area contributed by atoms with Gasteiger partial charge in [-0.1, -0.05) is 31.3 Å². The van der Waals surface area contributed by atoms with Crippen LogP contribution in [0.4, 0.5) is 9.52 Å². The molecule has 0 radical (unpaired) electrons. The van der Waals surface area contributed by atoms with Crippen molar-refractivity contribution in [1.82, 2.24) is 10.2 Å². The summed E-state index contributed by atoms with van der Waals surface area (Å²) in [5, 5.41) is 8.48. The van der Waals surface area contributed by atoms with Gasteiger partial charge in [-0.25, -0.2) is 12.8 Å². The van der Waals surface area contributed by atoms with Crippen molar-refractivity contribution in [3.05, 3.63) is 34.6 Å². The van der Waals surface area contributed by atoms with Gasteiger partial charge in [-0.15, -0.1) is 10.2 Å². The summed E-state index contributed by atoms with van der Waals surface area (Å²) < 4.78 is 40.2. The topological polar surface area (TPSA) is 72.0 Å². The summed E-state index contributed by atoms with van der Waals surface area (Å²) in [6.07, 6.45) is 0. The Hall–Kier alpha value is -1.54. The van der Waals surface area contributed by atoms with E-state index in [1.807, 2.05) is 13.8 Å². The standard InChI is InChI=1S/C12H14FN3O2S2/c1-7(2)11-14-15-12(19-11)16-20(17,18)10-5-4-8(3)6-9(10)13/h4-7H,1-3H3,(H,15,16). The number of aryl methyl sites for hydroxylation is 1. The molecule has 0 bridgehead atoms. The fraction of sp³-hybridized carbons (Fsp3) is 0.333. The first kappa shape index (κ1) is 14.9. The van der Waals surface area contributed by atoms with E-state index >= 15 is 0 Å². The van der Waals surface area contributed by atoms with Crippen molar-refractivity contribution in [3.8, 4) is 0 Å². The highest BCUT2D eigenvalue weighted by Gasteiger charge is 2.21. The predicted octanol–water partition coefficient (Wildman–Crippen LogP) is 2.91. The van der Waals surface area contributed by atoms with E-state index in [1.54, 1.807) is 6.92 Å². The van der Waals surface area contributed by atoms with Gasteiger partial charge in [-0.05, 0) is 24.6 Å². The summed E-state index contributed by atoms with van der Waals surface area (Å²) in [6, 6.07) is 3.95. The number of hydrogen-bond acceptors (Lipinski definition) is 5. The maximum Gasteiger partial charge on any atom is 0.266 e. The summed E-state index contributed by atoms with van der Waals surface area (Å²) in [6.45, 7) is 5.55. The number of anilines is 1. The number of nitrogens with zero attached hydrogens (tertiary/aromatic N) is 2. The van der Waals surface area contributed by atoms with E-state index in [0.717, 1.165) is 11.3 Å². The second-order valence-corrected chi connectivity index (χ2v) is 7.30. The first-order chi connectivity index (χ1) is 9.29. The van der Waals surface area contributed by atoms with E-state index in [-0.39, 0.29) is 11.0 Å². The van der Waals surface area contributed by atoms with Gasteiger partial charge in [0.05, 0.1) is 0 Å². The van der Waals surface area contributed by atoms with E-state index in [9.17, 15) is 12.8 Å². The predicted molar refractivity (Wildman–Crippen MR) is 75.9 cm³/mol. The fourth-order valence-electron chi connectivity index (χ4n) is 1.50.